The van der Waals surface area contributed by atoms with E-state index in [1.165, 1.54) is 4.88 Å². The predicted molar refractivity (Wildman–Crippen MR) is 88.8 cm³/mol. The maximum absolute atomic E-state index is 10.6. The first-order chi connectivity index (χ1) is 9.95. The summed E-state index contributed by atoms with van der Waals surface area (Å²) < 4.78 is 0. The Morgan fingerprint density at radius 1 is 1.10 bits per heavy atom. The SMILES string of the molecule is CC(C)(C)c1ccc(C(O)c2ccc3ncccc3c2)s1. The van der Waals surface area contributed by atoms with Crippen LogP contribution < -0.4 is 0 Å². The van der Waals surface area contributed by atoms with Crippen LogP contribution in [0, 0.1) is 0 Å². The average molecular weight is 297 g/mol. The Bertz CT molecular complexity index is 770. The molecule has 2 aromatic heterocycles. The van der Waals surface area contributed by atoms with Crippen LogP contribution in [0.1, 0.15) is 42.2 Å². The maximum Gasteiger partial charge on any atom is 0.113 e. The average Bonchev–Trinajstić information content (AvgIpc) is 2.96. The number of benzene rings is 1. The van der Waals surface area contributed by atoms with Crippen molar-refractivity contribution in [1.29, 1.82) is 0 Å². The molecule has 2 heterocycles. The Labute approximate surface area is 129 Å². The zero-order valence-electron chi connectivity index (χ0n) is 12.5. The van der Waals surface area contributed by atoms with Gasteiger partial charge in [-0.15, -0.1) is 11.3 Å². The Balaban J connectivity index is 1.96. The van der Waals surface area contributed by atoms with Crippen LogP contribution in [0.2, 0.25) is 0 Å². The number of rotatable bonds is 2. The largest absolute Gasteiger partial charge is 0.383 e. The standard InChI is InChI=1S/C18H19NOS/c1-18(2,3)16-9-8-15(21-16)17(20)13-6-7-14-12(11-13)5-4-10-19-14/h4-11,17,20H,1-3H3. The molecule has 1 atom stereocenters. The Morgan fingerprint density at radius 2 is 1.90 bits per heavy atom. The highest BCUT2D eigenvalue weighted by molar-refractivity contribution is 7.12. The van der Waals surface area contributed by atoms with Crippen LogP contribution in [-0.4, -0.2) is 10.1 Å². The molecule has 0 saturated heterocycles. The quantitative estimate of drug-likeness (QED) is 0.745. The Hall–Kier alpha value is -1.71. The molecule has 0 aliphatic heterocycles. The van der Waals surface area contributed by atoms with Gasteiger partial charge in [-0.2, -0.15) is 0 Å². The molecule has 3 aromatic rings. The van der Waals surface area contributed by atoms with Crippen LogP contribution in [-0.2, 0) is 5.41 Å². The fraction of sp³-hybridized carbons (Fsp3) is 0.278. The summed E-state index contributed by atoms with van der Waals surface area (Å²) in [6, 6.07) is 14.0. The van der Waals surface area contributed by atoms with Crippen molar-refractivity contribution >= 4 is 22.2 Å². The number of aliphatic hydroxyl groups is 1. The Morgan fingerprint density at radius 3 is 2.62 bits per heavy atom. The van der Waals surface area contributed by atoms with Crippen LogP contribution >= 0.6 is 11.3 Å². The number of aliphatic hydroxyl groups excluding tert-OH is 1. The minimum Gasteiger partial charge on any atom is -0.383 e. The molecule has 0 fully saturated rings. The van der Waals surface area contributed by atoms with Crippen LogP contribution in [0.4, 0.5) is 0 Å². The van der Waals surface area contributed by atoms with E-state index < -0.39 is 6.10 Å². The van der Waals surface area contributed by atoms with Crippen LogP contribution in [0.5, 0.6) is 0 Å². The number of aromatic nitrogens is 1. The fourth-order valence-electron chi connectivity index (χ4n) is 2.33. The fourth-order valence-corrected chi connectivity index (χ4v) is 3.41. The molecule has 3 heteroatoms. The first-order valence-corrected chi connectivity index (χ1v) is 7.90. The summed E-state index contributed by atoms with van der Waals surface area (Å²) in [5, 5.41) is 11.7. The maximum atomic E-state index is 10.6. The van der Waals surface area contributed by atoms with Crippen molar-refractivity contribution in [1.82, 2.24) is 4.98 Å². The van der Waals surface area contributed by atoms with E-state index in [0.717, 1.165) is 21.3 Å². The number of hydrogen-bond donors (Lipinski definition) is 1. The van der Waals surface area contributed by atoms with Crippen molar-refractivity contribution in [2.75, 3.05) is 0 Å². The summed E-state index contributed by atoms with van der Waals surface area (Å²) in [4.78, 5) is 6.59. The van der Waals surface area contributed by atoms with Gasteiger partial charge in [0.25, 0.3) is 0 Å². The van der Waals surface area contributed by atoms with E-state index in [9.17, 15) is 5.11 Å². The molecule has 1 N–H and O–H groups in total. The van der Waals surface area contributed by atoms with Gasteiger partial charge in [0.2, 0.25) is 0 Å². The van der Waals surface area contributed by atoms with E-state index in [4.69, 9.17) is 0 Å². The van der Waals surface area contributed by atoms with Gasteiger partial charge in [0.05, 0.1) is 5.52 Å². The minimum atomic E-state index is -0.573. The topological polar surface area (TPSA) is 33.1 Å². The first kappa shape index (κ1) is 14.2. The van der Waals surface area contributed by atoms with Crippen molar-refractivity contribution in [3.8, 4) is 0 Å². The van der Waals surface area contributed by atoms with E-state index in [1.807, 2.05) is 36.4 Å². The third kappa shape index (κ3) is 2.85. The molecular weight excluding hydrogens is 278 g/mol. The second-order valence-electron chi connectivity index (χ2n) is 6.31. The predicted octanol–water partition coefficient (Wildman–Crippen LogP) is 4.68. The lowest BCUT2D eigenvalue weighted by Crippen LogP contribution is -2.07. The summed E-state index contributed by atoms with van der Waals surface area (Å²) in [5.74, 6) is 0. The van der Waals surface area contributed by atoms with Crippen molar-refractivity contribution in [2.24, 2.45) is 0 Å². The Kier molecular flexibility index (Phi) is 3.56. The second kappa shape index (κ2) is 5.24. The first-order valence-electron chi connectivity index (χ1n) is 7.08. The lowest BCUT2D eigenvalue weighted by molar-refractivity contribution is 0.224. The highest BCUT2D eigenvalue weighted by Crippen LogP contribution is 2.35. The summed E-state index contributed by atoms with van der Waals surface area (Å²) >= 11 is 1.68. The summed E-state index contributed by atoms with van der Waals surface area (Å²) in [6.45, 7) is 6.57. The number of thiophene rings is 1. The van der Waals surface area contributed by atoms with Gasteiger partial charge in [0.1, 0.15) is 6.10 Å². The van der Waals surface area contributed by atoms with Crippen LogP contribution in [0.3, 0.4) is 0 Å². The summed E-state index contributed by atoms with van der Waals surface area (Å²) in [7, 11) is 0. The smallest absolute Gasteiger partial charge is 0.113 e. The summed E-state index contributed by atoms with van der Waals surface area (Å²) in [5.41, 5.74) is 1.99. The van der Waals surface area contributed by atoms with Gasteiger partial charge >= 0.3 is 0 Å². The van der Waals surface area contributed by atoms with Crippen molar-refractivity contribution in [2.45, 2.75) is 32.3 Å². The normalized spacial score (nSPS) is 13.5. The van der Waals surface area contributed by atoms with Gasteiger partial charge in [-0.1, -0.05) is 32.9 Å². The monoisotopic (exact) mass is 297 g/mol. The van der Waals surface area contributed by atoms with Gasteiger partial charge in [-0.05, 0) is 41.3 Å². The number of fused-ring (bicyclic) bond motifs is 1. The molecule has 0 bridgehead atoms. The van der Waals surface area contributed by atoms with Gasteiger partial charge in [-0.3, -0.25) is 4.98 Å². The van der Waals surface area contributed by atoms with Gasteiger partial charge in [0, 0.05) is 21.3 Å². The zero-order valence-corrected chi connectivity index (χ0v) is 13.3. The minimum absolute atomic E-state index is 0.121. The van der Waals surface area contributed by atoms with Crippen LogP contribution in [0.25, 0.3) is 10.9 Å². The molecule has 1 aromatic carbocycles. The second-order valence-corrected chi connectivity index (χ2v) is 7.43. The number of pyridine rings is 1. The molecule has 0 amide bonds. The zero-order chi connectivity index (χ0) is 15.0. The van der Waals surface area contributed by atoms with Gasteiger partial charge in [-0.25, -0.2) is 0 Å². The molecule has 0 aliphatic rings. The lowest BCUT2D eigenvalue weighted by Gasteiger charge is -2.16. The molecule has 2 nitrogen and oxygen atoms in total. The molecule has 21 heavy (non-hydrogen) atoms. The third-order valence-corrected chi connectivity index (χ3v) is 5.14. The molecular formula is C18H19NOS. The third-order valence-electron chi connectivity index (χ3n) is 3.58. The number of hydrogen-bond acceptors (Lipinski definition) is 3. The molecule has 3 rings (SSSR count). The van der Waals surface area contributed by atoms with Crippen molar-refractivity contribution < 1.29 is 5.11 Å². The molecule has 0 saturated carbocycles. The molecule has 0 aliphatic carbocycles. The molecule has 0 radical (unpaired) electrons. The van der Waals surface area contributed by atoms with E-state index in [-0.39, 0.29) is 5.41 Å². The molecule has 1 unspecified atom stereocenters. The van der Waals surface area contributed by atoms with Crippen molar-refractivity contribution in [3.63, 3.8) is 0 Å². The van der Waals surface area contributed by atoms with Crippen molar-refractivity contribution in [3.05, 3.63) is 64.0 Å². The van der Waals surface area contributed by atoms with Gasteiger partial charge in [0.15, 0.2) is 0 Å². The van der Waals surface area contributed by atoms with E-state index in [2.05, 4.69) is 31.8 Å². The van der Waals surface area contributed by atoms with Gasteiger partial charge < -0.3 is 5.11 Å². The van der Waals surface area contributed by atoms with Crippen LogP contribution in [0.15, 0.2) is 48.7 Å². The highest BCUT2D eigenvalue weighted by atomic mass is 32.1. The highest BCUT2D eigenvalue weighted by Gasteiger charge is 2.19. The number of nitrogens with zero attached hydrogens (tertiary/aromatic N) is 1. The van der Waals surface area contributed by atoms with E-state index in [0.29, 0.717) is 0 Å². The van der Waals surface area contributed by atoms with E-state index >= 15 is 0 Å². The summed E-state index contributed by atoms with van der Waals surface area (Å²) in [6.07, 6.45) is 1.21. The van der Waals surface area contributed by atoms with E-state index in [1.54, 1.807) is 17.5 Å². The molecule has 0 spiro atoms. The molecule has 108 valence electrons. The lowest BCUT2D eigenvalue weighted by atomic mass is 9.95.